The van der Waals surface area contributed by atoms with Crippen molar-refractivity contribution in [3.8, 4) is 0 Å². The zero-order chi connectivity index (χ0) is 10.1. The molecule has 1 N–H and O–H groups in total. The fraction of sp³-hybridized carbons (Fsp3) is 0.909. The van der Waals surface area contributed by atoms with Gasteiger partial charge in [0.1, 0.15) is 0 Å². The van der Waals surface area contributed by atoms with Gasteiger partial charge in [0.15, 0.2) is 0 Å². The average molecular weight is 197 g/mol. The summed E-state index contributed by atoms with van der Waals surface area (Å²) < 4.78 is 0. The number of likely N-dealkylation sites (tertiary alicyclic amines) is 1. The van der Waals surface area contributed by atoms with Crippen molar-refractivity contribution in [1.29, 1.82) is 0 Å². The van der Waals surface area contributed by atoms with Crippen LogP contribution >= 0.6 is 0 Å². The van der Waals surface area contributed by atoms with Gasteiger partial charge in [0, 0.05) is 31.5 Å². The Morgan fingerprint density at radius 3 is 2.71 bits per heavy atom. The fourth-order valence-electron chi connectivity index (χ4n) is 2.32. The zero-order valence-electron chi connectivity index (χ0n) is 8.78. The molecular formula is C11H19NO2. The molecule has 0 bridgehead atoms. The normalized spacial score (nSPS) is 29.7. The quantitative estimate of drug-likeness (QED) is 0.731. The molecule has 2 fully saturated rings. The minimum absolute atomic E-state index is 0.151. The van der Waals surface area contributed by atoms with Crippen LogP contribution in [0.2, 0.25) is 0 Å². The van der Waals surface area contributed by atoms with Gasteiger partial charge in [-0.25, -0.2) is 0 Å². The molecule has 80 valence electrons. The third kappa shape index (κ3) is 2.08. The van der Waals surface area contributed by atoms with Crippen molar-refractivity contribution in [2.24, 2.45) is 11.8 Å². The maximum absolute atomic E-state index is 11.6. The molecule has 1 aliphatic carbocycles. The molecule has 0 aromatic rings. The van der Waals surface area contributed by atoms with Gasteiger partial charge < -0.3 is 10.0 Å². The highest BCUT2D eigenvalue weighted by Crippen LogP contribution is 2.35. The Morgan fingerprint density at radius 2 is 2.21 bits per heavy atom. The van der Waals surface area contributed by atoms with E-state index < -0.39 is 0 Å². The molecule has 14 heavy (non-hydrogen) atoms. The number of amides is 1. The molecule has 2 atom stereocenters. The van der Waals surface area contributed by atoms with Gasteiger partial charge in [0.2, 0.25) is 5.91 Å². The largest absolute Gasteiger partial charge is 0.396 e. The highest BCUT2D eigenvalue weighted by molar-refractivity contribution is 5.78. The van der Waals surface area contributed by atoms with Gasteiger partial charge in [-0.2, -0.15) is 0 Å². The van der Waals surface area contributed by atoms with Crippen LogP contribution in [0.4, 0.5) is 0 Å². The van der Waals surface area contributed by atoms with E-state index in [1.165, 1.54) is 12.8 Å². The molecule has 2 rings (SSSR count). The Labute approximate surface area is 85.1 Å². The van der Waals surface area contributed by atoms with E-state index in [2.05, 4.69) is 6.92 Å². The summed E-state index contributed by atoms with van der Waals surface area (Å²) in [6.45, 7) is 3.05. The summed E-state index contributed by atoms with van der Waals surface area (Å²) in [5.41, 5.74) is 0. The lowest BCUT2D eigenvalue weighted by Gasteiger charge is -2.24. The minimum Gasteiger partial charge on any atom is -0.396 e. The number of aliphatic hydroxyl groups is 1. The topological polar surface area (TPSA) is 40.5 Å². The second-order valence-electron chi connectivity index (χ2n) is 4.83. The fourth-order valence-corrected chi connectivity index (χ4v) is 2.32. The molecule has 1 heterocycles. The molecule has 0 aromatic carbocycles. The van der Waals surface area contributed by atoms with E-state index in [0.717, 1.165) is 18.9 Å². The van der Waals surface area contributed by atoms with Crippen LogP contribution in [0, 0.1) is 11.8 Å². The van der Waals surface area contributed by atoms with Gasteiger partial charge in [-0.1, -0.05) is 12.8 Å². The lowest BCUT2D eigenvalue weighted by molar-refractivity contribution is -0.129. The Hall–Kier alpha value is -0.570. The minimum atomic E-state index is 0.151. The maximum atomic E-state index is 11.6. The van der Waals surface area contributed by atoms with Gasteiger partial charge >= 0.3 is 0 Å². The number of aliphatic hydroxyl groups excluding tert-OH is 1. The summed E-state index contributed by atoms with van der Waals surface area (Å²) in [6, 6.07) is 0.381. The van der Waals surface area contributed by atoms with E-state index in [0.29, 0.717) is 12.5 Å². The van der Waals surface area contributed by atoms with Crippen molar-refractivity contribution < 1.29 is 9.90 Å². The Bertz CT molecular complexity index is 225. The summed E-state index contributed by atoms with van der Waals surface area (Å²) in [5, 5.41) is 9.00. The lowest BCUT2D eigenvalue weighted by Crippen LogP contribution is -2.35. The summed E-state index contributed by atoms with van der Waals surface area (Å²) in [5.74, 6) is 1.28. The van der Waals surface area contributed by atoms with E-state index >= 15 is 0 Å². The van der Waals surface area contributed by atoms with Crippen LogP contribution in [0.5, 0.6) is 0 Å². The van der Waals surface area contributed by atoms with Gasteiger partial charge in [-0.05, 0) is 19.3 Å². The van der Waals surface area contributed by atoms with Crippen LogP contribution < -0.4 is 0 Å². The maximum Gasteiger partial charge on any atom is 0.223 e. The second-order valence-corrected chi connectivity index (χ2v) is 4.83. The molecule has 0 aromatic heterocycles. The third-order valence-electron chi connectivity index (χ3n) is 3.40. The molecule has 2 unspecified atom stereocenters. The number of nitrogens with zero attached hydrogens (tertiary/aromatic N) is 1. The van der Waals surface area contributed by atoms with Crippen LogP contribution in [-0.2, 0) is 4.79 Å². The highest BCUT2D eigenvalue weighted by Gasteiger charge is 2.34. The monoisotopic (exact) mass is 197 g/mol. The summed E-state index contributed by atoms with van der Waals surface area (Å²) in [7, 11) is 0. The first kappa shape index (κ1) is 9.97. The van der Waals surface area contributed by atoms with Crippen LogP contribution in [0.3, 0.4) is 0 Å². The number of hydrogen-bond acceptors (Lipinski definition) is 2. The first-order valence-corrected chi connectivity index (χ1v) is 5.61. The van der Waals surface area contributed by atoms with E-state index in [-0.39, 0.29) is 18.4 Å². The summed E-state index contributed by atoms with van der Waals surface area (Å²) >= 11 is 0. The SMILES string of the molecule is CC(CC1CC1)N1CC(CO)CC1=O. The molecular weight excluding hydrogens is 178 g/mol. The number of hydrogen-bond donors (Lipinski definition) is 1. The van der Waals surface area contributed by atoms with Gasteiger partial charge in [0.25, 0.3) is 0 Å². The Balaban J connectivity index is 1.86. The predicted octanol–water partition coefficient (Wildman–Crippen LogP) is 1.02. The van der Waals surface area contributed by atoms with Crippen molar-refractivity contribution >= 4 is 5.91 Å². The van der Waals surface area contributed by atoms with E-state index in [1.807, 2.05) is 4.90 Å². The van der Waals surface area contributed by atoms with Crippen molar-refractivity contribution in [2.75, 3.05) is 13.2 Å². The van der Waals surface area contributed by atoms with E-state index in [9.17, 15) is 4.79 Å². The van der Waals surface area contributed by atoms with Gasteiger partial charge in [-0.3, -0.25) is 4.79 Å². The second kappa shape index (κ2) is 3.89. The number of carbonyl (C=O) groups is 1. The van der Waals surface area contributed by atoms with Gasteiger partial charge in [0.05, 0.1) is 0 Å². The summed E-state index contributed by atoms with van der Waals surface area (Å²) in [6.07, 6.45) is 4.39. The first-order chi connectivity index (χ1) is 6.70. The van der Waals surface area contributed by atoms with Crippen molar-refractivity contribution in [1.82, 2.24) is 4.90 Å². The predicted molar refractivity (Wildman–Crippen MR) is 53.7 cm³/mol. The molecule has 3 nitrogen and oxygen atoms in total. The van der Waals surface area contributed by atoms with E-state index in [4.69, 9.17) is 5.11 Å². The molecule has 1 amide bonds. The standard InChI is InChI=1S/C11H19NO2/c1-8(4-9-2-3-9)12-6-10(7-13)5-11(12)14/h8-10,13H,2-7H2,1H3. The molecule has 1 aliphatic heterocycles. The lowest BCUT2D eigenvalue weighted by atomic mass is 10.1. The molecule has 0 radical (unpaired) electrons. The number of carbonyl (C=O) groups excluding carboxylic acids is 1. The molecule has 2 aliphatic rings. The Morgan fingerprint density at radius 1 is 1.50 bits per heavy atom. The van der Waals surface area contributed by atoms with Crippen molar-refractivity contribution in [2.45, 2.75) is 38.6 Å². The van der Waals surface area contributed by atoms with Crippen molar-refractivity contribution in [3.05, 3.63) is 0 Å². The highest BCUT2D eigenvalue weighted by atomic mass is 16.3. The van der Waals surface area contributed by atoms with Crippen LogP contribution in [0.25, 0.3) is 0 Å². The van der Waals surface area contributed by atoms with Crippen LogP contribution in [0.15, 0.2) is 0 Å². The number of rotatable bonds is 4. The third-order valence-corrected chi connectivity index (χ3v) is 3.40. The molecule has 0 spiro atoms. The van der Waals surface area contributed by atoms with Crippen molar-refractivity contribution in [3.63, 3.8) is 0 Å². The smallest absolute Gasteiger partial charge is 0.223 e. The Kier molecular flexibility index (Phi) is 2.77. The first-order valence-electron chi connectivity index (χ1n) is 5.61. The molecule has 3 heteroatoms. The van der Waals surface area contributed by atoms with Crippen LogP contribution in [-0.4, -0.2) is 35.1 Å². The average Bonchev–Trinajstić information content (AvgIpc) is 2.87. The van der Waals surface area contributed by atoms with Crippen LogP contribution in [0.1, 0.15) is 32.6 Å². The zero-order valence-corrected chi connectivity index (χ0v) is 8.78. The van der Waals surface area contributed by atoms with E-state index in [1.54, 1.807) is 0 Å². The van der Waals surface area contributed by atoms with Gasteiger partial charge in [-0.15, -0.1) is 0 Å². The summed E-state index contributed by atoms with van der Waals surface area (Å²) in [4.78, 5) is 13.6. The molecule has 1 saturated heterocycles. The molecule has 1 saturated carbocycles.